The minimum atomic E-state index is -0.462. The molecule has 0 fully saturated rings. The van der Waals surface area contributed by atoms with Gasteiger partial charge in [-0.05, 0) is 54.4 Å². The lowest BCUT2D eigenvalue weighted by Gasteiger charge is -2.24. The lowest BCUT2D eigenvalue weighted by atomic mass is 10.1. The average molecular weight is 415 g/mol. The Labute approximate surface area is 175 Å². The van der Waals surface area contributed by atoms with E-state index >= 15 is 0 Å². The smallest absolute Gasteiger partial charge is 0.254 e. The highest BCUT2D eigenvalue weighted by Gasteiger charge is 2.20. The van der Waals surface area contributed by atoms with Gasteiger partial charge in [0, 0.05) is 17.8 Å². The Bertz CT molecular complexity index is 867. The monoisotopic (exact) mass is 415 g/mol. The minimum Gasteiger partial charge on any atom is -0.497 e. The van der Waals surface area contributed by atoms with Gasteiger partial charge in [0.05, 0.1) is 20.2 Å². The van der Waals surface area contributed by atoms with Gasteiger partial charge in [-0.2, -0.15) is 0 Å². The van der Waals surface area contributed by atoms with Crippen molar-refractivity contribution in [3.05, 3.63) is 59.9 Å². The Morgan fingerprint density at radius 2 is 1.63 bits per heavy atom. The first kappa shape index (κ1) is 22.9. The van der Waals surface area contributed by atoms with Crippen LogP contribution in [0, 0.1) is 11.7 Å². The molecule has 0 saturated carbocycles. The first-order valence-electron chi connectivity index (χ1n) is 9.54. The Hall–Kier alpha value is -3.42. The van der Waals surface area contributed by atoms with E-state index in [0.717, 1.165) is 0 Å². The Morgan fingerprint density at radius 3 is 2.20 bits per heavy atom. The van der Waals surface area contributed by atoms with Crippen LogP contribution in [0.4, 0.5) is 10.1 Å². The molecule has 2 aromatic carbocycles. The second-order valence-electron chi connectivity index (χ2n) is 7.14. The molecule has 30 heavy (non-hydrogen) atoms. The average Bonchev–Trinajstić information content (AvgIpc) is 2.72. The molecule has 0 spiro atoms. The van der Waals surface area contributed by atoms with Gasteiger partial charge >= 0.3 is 0 Å². The molecule has 0 atom stereocenters. The van der Waals surface area contributed by atoms with Crippen molar-refractivity contribution in [3.8, 4) is 5.75 Å². The van der Waals surface area contributed by atoms with Crippen molar-refractivity contribution in [2.75, 3.05) is 32.1 Å². The molecule has 0 aliphatic heterocycles. The summed E-state index contributed by atoms with van der Waals surface area (Å²) in [5, 5.41) is 5.18. The molecule has 0 aliphatic carbocycles. The normalized spacial score (nSPS) is 10.4. The van der Waals surface area contributed by atoms with Crippen molar-refractivity contribution >= 4 is 23.4 Å². The summed E-state index contributed by atoms with van der Waals surface area (Å²) in [5.74, 6) is -0.883. The summed E-state index contributed by atoms with van der Waals surface area (Å²) < 4.78 is 18.2. The molecule has 2 aromatic rings. The third kappa shape index (κ3) is 7.20. The third-order valence-electron chi connectivity index (χ3n) is 4.12. The number of rotatable bonds is 9. The van der Waals surface area contributed by atoms with Crippen LogP contribution in [-0.4, -0.2) is 49.4 Å². The zero-order valence-electron chi connectivity index (χ0n) is 17.3. The zero-order valence-corrected chi connectivity index (χ0v) is 17.3. The number of ether oxygens (including phenoxy) is 1. The van der Waals surface area contributed by atoms with Gasteiger partial charge in [0.15, 0.2) is 0 Å². The molecule has 2 rings (SSSR count). The van der Waals surface area contributed by atoms with Crippen LogP contribution >= 0.6 is 0 Å². The fraction of sp³-hybridized carbons (Fsp3) is 0.318. The number of hydrogen-bond donors (Lipinski definition) is 2. The predicted molar refractivity (Wildman–Crippen MR) is 112 cm³/mol. The number of anilines is 1. The standard InChI is InChI=1S/C22H26FN3O4/c1-15(2)13-26(22(29)16-4-6-17(23)7-5-16)14-21(28)24-12-20(27)25-18-8-10-19(30-3)11-9-18/h4-11,15H,12-14H2,1-3H3,(H,24,28)(H,25,27). The van der Waals surface area contributed by atoms with E-state index in [1.165, 1.54) is 29.2 Å². The van der Waals surface area contributed by atoms with E-state index in [2.05, 4.69) is 10.6 Å². The van der Waals surface area contributed by atoms with E-state index in [4.69, 9.17) is 4.74 Å². The molecule has 160 valence electrons. The summed E-state index contributed by atoms with van der Waals surface area (Å²) in [5.41, 5.74) is 0.866. The van der Waals surface area contributed by atoms with E-state index in [1.54, 1.807) is 31.4 Å². The third-order valence-corrected chi connectivity index (χ3v) is 4.12. The van der Waals surface area contributed by atoms with Gasteiger partial charge in [0.1, 0.15) is 11.6 Å². The fourth-order valence-electron chi connectivity index (χ4n) is 2.72. The summed E-state index contributed by atoms with van der Waals surface area (Å²) in [7, 11) is 1.55. The van der Waals surface area contributed by atoms with E-state index in [9.17, 15) is 18.8 Å². The van der Waals surface area contributed by atoms with Gasteiger partial charge in [-0.15, -0.1) is 0 Å². The highest BCUT2D eigenvalue weighted by atomic mass is 19.1. The van der Waals surface area contributed by atoms with Gasteiger partial charge in [0.2, 0.25) is 11.8 Å². The van der Waals surface area contributed by atoms with Gasteiger partial charge in [-0.25, -0.2) is 4.39 Å². The predicted octanol–water partition coefficient (Wildman–Crippen LogP) is 2.69. The number of carbonyl (C=O) groups excluding carboxylic acids is 3. The van der Waals surface area contributed by atoms with Crippen LogP contribution in [0.25, 0.3) is 0 Å². The van der Waals surface area contributed by atoms with Gasteiger partial charge in [-0.1, -0.05) is 13.8 Å². The number of nitrogens with one attached hydrogen (secondary N) is 2. The van der Waals surface area contributed by atoms with Gasteiger partial charge in [-0.3, -0.25) is 14.4 Å². The molecule has 0 aromatic heterocycles. The Kier molecular flexibility index (Phi) is 8.34. The molecule has 0 heterocycles. The molecule has 0 radical (unpaired) electrons. The topological polar surface area (TPSA) is 87.7 Å². The molecule has 7 nitrogen and oxygen atoms in total. The number of nitrogens with zero attached hydrogens (tertiary/aromatic N) is 1. The number of hydrogen-bond acceptors (Lipinski definition) is 4. The number of carbonyl (C=O) groups is 3. The van der Waals surface area contributed by atoms with Crippen LogP contribution in [0.3, 0.4) is 0 Å². The molecule has 3 amide bonds. The minimum absolute atomic E-state index is 0.126. The van der Waals surface area contributed by atoms with Crippen molar-refractivity contribution in [1.29, 1.82) is 0 Å². The summed E-state index contributed by atoms with van der Waals surface area (Å²) in [6.45, 7) is 3.76. The number of halogens is 1. The van der Waals surface area contributed by atoms with Gasteiger partial charge in [0.25, 0.3) is 5.91 Å². The van der Waals surface area contributed by atoms with Crippen LogP contribution in [-0.2, 0) is 9.59 Å². The maximum atomic E-state index is 13.1. The van der Waals surface area contributed by atoms with Crippen LogP contribution in [0.15, 0.2) is 48.5 Å². The summed E-state index contributed by atoms with van der Waals surface area (Å²) in [4.78, 5) is 38.4. The highest BCUT2D eigenvalue weighted by Crippen LogP contribution is 2.14. The Morgan fingerprint density at radius 1 is 1.00 bits per heavy atom. The molecular formula is C22H26FN3O4. The summed E-state index contributed by atoms with van der Waals surface area (Å²) >= 11 is 0. The Balaban J connectivity index is 1.90. The van der Waals surface area contributed by atoms with Crippen molar-refractivity contribution in [3.63, 3.8) is 0 Å². The lowest BCUT2D eigenvalue weighted by Crippen LogP contribution is -2.44. The second kappa shape index (κ2) is 10.9. The van der Waals surface area contributed by atoms with Gasteiger partial charge < -0.3 is 20.3 Å². The molecular weight excluding hydrogens is 389 g/mol. The lowest BCUT2D eigenvalue weighted by molar-refractivity contribution is -0.124. The van der Waals surface area contributed by atoms with Crippen LogP contribution in [0.2, 0.25) is 0 Å². The quantitative estimate of drug-likeness (QED) is 0.659. The van der Waals surface area contributed by atoms with Crippen LogP contribution in [0.5, 0.6) is 5.75 Å². The van der Waals surface area contributed by atoms with E-state index in [0.29, 0.717) is 23.5 Å². The maximum Gasteiger partial charge on any atom is 0.254 e. The van der Waals surface area contributed by atoms with Crippen molar-refractivity contribution < 1.29 is 23.5 Å². The zero-order chi connectivity index (χ0) is 22.1. The summed E-state index contributed by atoms with van der Waals surface area (Å²) in [6.07, 6.45) is 0. The maximum absolute atomic E-state index is 13.1. The van der Waals surface area contributed by atoms with E-state index < -0.39 is 17.6 Å². The molecule has 0 bridgehead atoms. The molecule has 0 aliphatic rings. The highest BCUT2D eigenvalue weighted by molar-refractivity contribution is 5.98. The van der Waals surface area contributed by atoms with Crippen LogP contribution < -0.4 is 15.4 Å². The number of benzene rings is 2. The van der Waals surface area contributed by atoms with Crippen molar-refractivity contribution in [1.82, 2.24) is 10.2 Å². The van der Waals surface area contributed by atoms with Crippen LogP contribution in [0.1, 0.15) is 24.2 Å². The first-order chi connectivity index (χ1) is 14.3. The fourth-order valence-corrected chi connectivity index (χ4v) is 2.72. The first-order valence-corrected chi connectivity index (χ1v) is 9.54. The van der Waals surface area contributed by atoms with Crippen molar-refractivity contribution in [2.24, 2.45) is 5.92 Å². The number of amides is 3. The molecule has 0 unspecified atom stereocenters. The molecule has 2 N–H and O–H groups in total. The largest absolute Gasteiger partial charge is 0.497 e. The second-order valence-corrected chi connectivity index (χ2v) is 7.14. The molecule has 8 heteroatoms. The molecule has 0 saturated heterocycles. The van der Waals surface area contributed by atoms with E-state index in [1.807, 2.05) is 13.8 Å². The number of methoxy groups -OCH3 is 1. The van der Waals surface area contributed by atoms with Crippen molar-refractivity contribution in [2.45, 2.75) is 13.8 Å². The summed E-state index contributed by atoms with van der Waals surface area (Å²) in [6, 6.07) is 11.9. The van der Waals surface area contributed by atoms with E-state index in [-0.39, 0.29) is 24.9 Å². The SMILES string of the molecule is COc1ccc(NC(=O)CNC(=O)CN(CC(C)C)C(=O)c2ccc(F)cc2)cc1.